The van der Waals surface area contributed by atoms with Gasteiger partial charge in [-0.15, -0.1) is 0 Å². The van der Waals surface area contributed by atoms with Gasteiger partial charge in [-0.05, 0) is 18.4 Å². The summed E-state index contributed by atoms with van der Waals surface area (Å²) in [7, 11) is 0. The van der Waals surface area contributed by atoms with Gasteiger partial charge >= 0.3 is 0 Å². The van der Waals surface area contributed by atoms with E-state index < -0.39 is 0 Å². The van der Waals surface area contributed by atoms with Crippen LogP contribution in [0.2, 0.25) is 0 Å². The standard InChI is InChI=1S/C19H25N3O2S/c23-14-17-13-22(12-16-8-4-3-5-9-16)19(20-17)25-15-18(24)21-10-6-1-2-7-11-21/h3-5,8-9,13,23H,1-2,6-7,10-12,14-15H2. The number of aliphatic hydroxyl groups is 1. The van der Waals surface area contributed by atoms with Crippen LogP contribution in [0.25, 0.3) is 0 Å². The molecule has 1 N–H and O–H groups in total. The molecule has 0 atom stereocenters. The van der Waals surface area contributed by atoms with Crippen LogP contribution >= 0.6 is 11.8 Å². The number of aromatic nitrogens is 2. The van der Waals surface area contributed by atoms with Gasteiger partial charge in [-0.2, -0.15) is 0 Å². The molecule has 0 radical (unpaired) electrons. The van der Waals surface area contributed by atoms with E-state index in [0.717, 1.165) is 31.1 Å². The van der Waals surface area contributed by atoms with Crippen molar-refractivity contribution in [2.24, 2.45) is 0 Å². The van der Waals surface area contributed by atoms with E-state index in [9.17, 15) is 9.90 Å². The molecule has 1 fully saturated rings. The number of thioether (sulfide) groups is 1. The Morgan fingerprint density at radius 3 is 2.52 bits per heavy atom. The normalized spacial score (nSPS) is 15.2. The van der Waals surface area contributed by atoms with Crippen LogP contribution in [0.3, 0.4) is 0 Å². The molecule has 0 aliphatic carbocycles. The third-order valence-corrected chi connectivity index (χ3v) is 5.41. The smallest absolute Gasteiger partial charge is 0.233 e. The molecule has 25 heavy (non-hydrogen) atoms. The molecule has 1 saturated heterocycles. The molecule has 5 nitrogen and oxygen atoms in total. The first-order valence-corrected chi connectivity index (χ1v) is 9.86. The second-order valence-corrected chi connectivity index (χ2v) is 7.31. The van der Waals surface area contributed by atoms with Crippen molar-refractivity contribution < 1.29 is 9.90 Å². The highest BCUT2D eigenvalue weighted by molar-refractivity contribution is 7.99. The molecule has 0 bridgehead atoms. The zero-order valence-corrected chi connectivity index (χ0v) is 15.2. The minimum atomic E-state index is -0.0879. The van der Waals surface area contributed by atoms with Gasteiger partial charge < -0.3 is 14.6 Å². The second-order valence-electron chi connectivity index (χ2n) is 6.37. The van der Waals surface area contributed by atoms with E-state index in [1.807, 2.05) is 33.9 Å². The second kappa shape index (κ2) is 9.06. The number of carbonyl (C=O) groups excluding carboxylic acids is 1. The average Bonchev–Trinajstić information content (AvgIpc) is 2.84. The molecule has 0 unspecified atom stereocenters. The van der Waals surface area contributed by atoms with Gasteiger partial charge in [-0.25, -0.2) is 4.98 Å². The molecular formula is C19H25N3O2S. The Morgan fingerprint density at radius 1 is 1.12 bits per heavy atom. The minimum absolute atomic E-state index is 0.0879. The Bertz CT molecular complexity index is 679. The van der Waals surface area contributed by atoms with Crippen LogP contribution in [0.1, 0.15) is 36.9 Å². The molecule has 1 aliphatic rings. The van der Waals surface area contributed by atoms with Crippen LogP contribution in [0.15, 0.2) is 41.7 Å². The lowest BCUT2D eigenvalue weighted by atomic mass is 10.2. The van der Waals surface area contributed by atoms with Crippen LogP contribution in [0.4, 0.5) is 0 Å². The van der Waals surface area contributed by atoms with Crippen molar-refractivity contribution in [3.05, 3.63) is 47.8 Å². The van der Waals surface area contributed by atoms with Crippen LogP contribution in [-0.2, 0) is 17.9 Å². The van der Waals surface area contributed by atoms with Crippen molar-refractivity contribution in [1.29, 1.82) is 0 Å². The molecule has 1 aromatic heterocycles. The number of likely N-dealkylation sites (tertiary alicyclic amines) is 1. The third kappa shape index (κ3) is 5.09. The molecule has 1 aromatic carbocycles. The number of hydrogen-bond donors (Lipinski definition) is 1. The zero-order chi connectivity index (χ0) is 17.5. The van der Waals surface area contributed by atoms with Crippen LogP contribution in [-0.4, -0.2) is 44.3 Å². The Labute approximate surface area is 153 Å². The van der Waals surface area contributed by atoms with E-state index in [2.05, 4.69) is 17.1 Å². The summed E-state index contributed by atoms with van der Waals surface area (Å²) in [6.45, 7) is 2.35. The SMILES string of the molecule is O=C(CSc1nc(CO)cn1Cc1ccccc1)N1CCCCCC1. The topological polar surface area (TPSA) is 58.4 Å². The number of benzene rings is 1. The summed E-state index contributed by atoms with van der Waals surface area (Å²) in [5.74, 6) is 0.586. The molecule has 0 saturated carbocycles. The van der Waals surface area contributed by atoms with Gasteiger partial charge in [0.1, 0.15) is 0 Å². The Balaban J connectivity index is 1.64. The first-order valence-electron chi connectivity index (χ1n) is 8.87. The van der Waals surface area contributed by atoms with Crippen LogP contribution in [0.5, 0.6) is 0 Å². The number of hydrogen-bond acceptors (Lipinski definition) is 4. The van der Waals surface area contributed by atoms with Gasteiger partial charge in [0, 0.05) is 25.8 Å². The van der Waals surface area contributed by atoms with E-state index in [1.54, 1.807) is 0 Å². The van der Waals surface area contributed by atoms with Crippen molar-refractivity contribution in [2.75, 3.05) is 18.8 Å². The number of nitrogens with zero attached hydrogens (tertiary/aromatic N) is 3. The number of imidazole rings is 1. The van der Waals surface area contributed by atoms with E-state index in [4.69, 9.17) is 0 Å². The number of aliphatic hydroxyl groups excluding tert-OH is 1. The Hall–Kier alpha value is -1.79. The van der Waals surface area contributed by atoms with Crippen molar-refractivity contribution in [1.82, 2.24) is 14.5 Å². The summed E-state index contributed by atoms with van der Waals surface area (Å²) in [5, 5.41) is 10.2. The molecule has 2 aromatic rings. The summed E-state index contributed by atoms with van der Waals surface area (Å²) >= 11 is 1.46. The first-order chi connectivity index (χ1) is 12.3. The summed E-state index contributed by atoms with van der Waals surface area (Å²) < 4.78 is 2.02. The molecule has 1 aliphatic heterocycles. The Kier molecular flexibility index (Phi) is 6.53. The van der Waals surface area contributed by atoms with Crippen molar-refractivity contribution >= 4 is 17.7 Å². The van der Waals surface area contributed by atoms with Gasteiger partial charge in [0.2, 0.25) is 5.91 Å². The van der Waals surface area contributed by atoms with Crippen LogP contribution < -0.4 is 0 Å². The van der Waals surface area contributed by atoms with Gasteiger partial charge in [-0.3, -0.25) is 4.79 Å². The summed E-state index contributed by atoms with van der Waals surface area (Å²) in [6.07, 6.45) is 6.52. The van der Waals surface area contributed by atoms with E-state index >= 15 is 0 Å². The van der Waals surface area contributed by atoms with E-state index in [1.165, 1.54) is 30.2 Å². The van der Waals surface area contributed by atoms with Crippen LogP contribution in [0, 0.1) is 0 Å². The van der Waals surface area contributed by atoms with Gasteiger partial charge in [0.15, 0.2) is 5.16 Å². The number of rotatable bonds is 6. The highest BCUT2D eigenvalue weighted by Gasteiger charge is 2.17. The predicted molar refractivity (Wildman–Crippen MR) is 99.5 cm³/mol. The number of amides is 1. The lowest BCUT2D eigenvalue weighted by Gasteiger charge is -2.19. The van der Waals surface area contributed by atoms with Crippen molar-refractivity contribution in [3.8, 4) is 0 Å². The molecule has 0 spiro atoms. The first kappa shape index (κ1) is 18.0. The Morgan fingerprint density at radius 2 is 1.84 bits per heavy atom. The average molecular weight is 359 g/mol. The molecule has 6 heteroatoms. The van der Waals surface area contributed by atoms with Gasteiger partial charge in [-0.1, -0.05) is 54.9 Å². The highest BCUT2D eigenvalue weighted by atomic mass is 32.2. The minimum Gasteiger partial charge on any atom is -0.390 e. The molecular weight excluding hydrogens is 334 g/mol. The maximum Gasteiger partial charge on any atom is 0.233 e. The summed E-state index contributed by atoms with van der Waals surface area (Å²) in [5.41, 5.74) is 1.81. The fraction of sp³-hybridized carbons (Fsp3) is 0.474. The summed E-state index contributed by atoms with van der Waals surface area (Å²) in [4.78, 5) is 18.9. The zero-order valence-electron chi connectivity index (χ0n) is 14.4. The van der Waals surface area contributed by atoms with E-state index in [-0.39, 0.29) is 12.5 Å². The van der Waals surface area contributed by atoms with E-state index in [0.29, 0.717) is 18.0 Å². The monoisotopic (exact) mass is 359 g/mol. The lowest BCUT2D eigenvalue weighted by Crippen LogP contribution is -2.33. The molecule has 1 amide bonds. The number of carbonyl (C=O) groups is 1. The fourth-order valence-corrected chi connectivity index (χ4v) is 3.97. The lowest BCUT2D eigenvalue weighted by molar-refractivity contribution is -0.128. The quantitative estimate of drug-likeness (QED) is 0.806. The largest absolute Gasteiger partial charge is 0.390 e. The van der Waals surface area contributed by atoms with Gasteiger partial charge in [0.05, 0.1) is 18.1 Å². The van der Waals surface area contributed by atoms with Gasteiger partial charge in [0.25, 0.3) is 0 Å². The molecule has 2 heterocycles. The highest BCUT2D eigenvalue weighted by Crippen LogP contribution is 2.21. The van der Waals surface area contributed by atoms with Crippen molar-refractivity contribution in [2.45, 2.75) is 44.0 Å². The fourth-order valence-electron chi connectivity index (χ4n) is 3.07. The maximum atomic E-state index is 12.5. The third-order valence-electron chi connectivity index (χ3n) is 4.43. The molecule has 134 valence electrons. The van der Waals surface area contributed by atoms with Crippen molar-refractivity contribution in [3.63, 3.8) is 0 Å². The predicted octanol–water partition coefficient (Wildman–Crippen LogP) is 2.92. The summed E-state index contributed by atoms with van der Waals surface area (Å²) in [6, 6.07) is 10.1. The maximum absolute atomic E-state index is 12.5. The molecule has 3 rings (SSSR count).